The normalized spacial score (nSPS) is 16.5. The van der Waals surface area contributed by atoms with Crippen molar-refractivity contribution in [1.29, 1.82) is 0 Å². The van der Waals surface area contributed by atoms with Gasteiger partial charge in [0.15, 0.2) is 11.5 Å². The SMILES string of the molecule is COc1ccc(-c2cn(C)c(=O)c3cc(CN4CCC(NC(=O)O)C4)sc23)cc1OC. The third-order valence-corrected chi connectivity index (χ3v) is 6.73. The second-order valence-corrected chi connectivity index (χ2v) is 8.79. The summed E-state index contributed by atoms with van der Waals surface area (Å²) in [7, 11) is 4.96. The summed E-state index contributed by atoms with van der Waals surface area (Å²) in [5.74, 6) is 1.28. The molecule has 1 aliphatic heterocycles. The molecular weight excluding hydrogens is 418 g/mol. The number of nitrogens with one attached hydrogen (secondary N) is 1. The van der Waals surface area contributed by atoms with E-state index in [0.717, 1.165) is 33.7 Å². The molecule has 1 amide bonds. The summed E-state index contributed by atoms with van der Waals surface area (Å²) in [6, 6.07) is 7.65. The largest absolute Gasteiger partial charge is 0.493 e. The Morgan fingerprint density at radius 3 is 2.74 bits per heavy atom. The lowest BCUT2D eigenvalue weighted by molar-refractivity contribution is 0.189. The molecule has 2 aromatic heterocycles. The predicted octanol–water partition coefficient (Wildman–Crippen LogP) is 3.13. The van der Waals surface area contributed by atoms with Gasteiger partial charge in [-0.1, -0.05) is 6.07 Å². The summed E-state index contributed by atoms with van der Waals surface area (Å²) in [5.41, 5.74) is 1.87. The van der Waals surface area contributed by atoms with Gasteiger partial charge in [-0.2, -0.15) is 0 Å². The first-order chi connectivity index (χ1) is 14.9. The van der Waals surface area contributed by atoms with Gasteiger partial charge in [0.05, 0.1) is 19.6 Å². The Labute approximate surface area is 183 Å². The molecular formula is C22H25N3O5S. The van der Waals surface area contributed by atoms with E-state index in [9.17, 15) is 9.59 Å². The van der Waals surface area contributed by atoms with Crippen molar-refractivity contribution in [2.45, 2.75) is 19.0 Å². The molecule has 4 rings (SSSR count). The van der Waals surface area contributed by atoms with E-state index in [4.69, 9.17) is 14.6 Å². The van der Waals surface area contributed by atoms with Gasteiger partial charge in [0.2, 0.25) is 0 Å². The number of carboxylic acid groups (broad SMARTS) is 1. The highest BCUT2D eigenvalue weighted by molar-refractivity contribution is 7.19. The van der Waals surface area contributed by atoms with Crippen molar-refractivity contribution in [3.8, 4) is 22.6 Å². The first kappa shape index (κ1) is 21.2. The molecule has 9 heteroatoms. The number of carbonyl (C=O) groups is 1. The molecule has 3 heterocycles. The van der Waals surface area contributed by atoms with Crippen molar-refractivity contribution in [3.05, 3.63) is 45.7 Å². The maximum absolute atomic E-state index is 12.8. The van der Waals surface area contributed by atoms with E-state index >= 15 is 0 Å². The lowest BCUT2D eigenvalue weighted by atomic mass is 10.1. The van der Waals surface area contributed by atoms with Crippen LogP contribution in [0.3, 0.4) is 0 Å². The first-order valence-corrected chi connectivity index (χ1v) is 10.8. The molecule has 1 saturated heterocycles. The number of amides is 1. The fraction of sp³-hybridized carbons (Fsp3) is 0.364. The van der Waals surface area contributed by atoms with E-state index in [1.165, 1.54) is 0 Å². The van der Waals surface area contributed by atoms with E-state index in [0.29, 0.717) is 30.0 Å². The quantitative estimate of drug-likeness (QED) is 0.608. The van der Waals surface area contributed by atoms with E-state index in [1.54, 1.807) is 37.2 Å². The Bertz CT molecular complexity index is 1190. The fourth-order valence-electron chi connectivity index (χ4n) is 4.08. The molecule has 1 atom stereocenters. The Morgan fingerprint density at radius 2 is 2.03 bits per heavy atom. The van der Waals surface area contributed by atoms with Crippen molar-refractivity contribution in [1.82, 2.24) is 14.8 Å². The minimum Gasteiger partial charge on any atom is -0.493 e. The number of methoxy groups -OCH3 is 2. The van der Waals surface area contributed by atoms with Gasteiger partial charge < -0.3 is 24.5 Å². The first-order valence-electron chi connectivity index (χ1n) is 9.96. The van der Waals surface area contributed by atoms with Crippen LogP contribution in [0.2, 0.25) is 0 Å². The molecule has 31 heavy (non-hydrogen) atoms. The van der Waals surface area contributed by atoms with Crippen molar-refractivity contribution < 1.29 is 19.4 Å². The summed E-state index contributed by atoms with van der Waals surface area (Å²) in [6.07, 6.45) is 1.65. The van der Waals surface area contributed by atoms with Crippen LogP contribution in [-0.4, -0.2) is 54.0 Å². The third kappa shape index (κ3) is 4.24. The Hall–Kier alpha value is -3.04. The predicted molar refractivity (Wildman–Crippen MR) is 120 cm³/mol. The summed E-state index contributed by atoms with van der Waals surface area (Å²) < 4.78 is 13.3. The van der Waals surface area contributed by atoms with Crippen LogP contribution >= 0.6 is 11.3 Å². The average Bonchev–Trinajstić information content (AvgIpc) is 3.37. The molecule has 0 bridgehead atoms. The molecule has 0 radical (unpaired) electrons. The maximum atomic E-state index is 12.8. The van der Waals surface area contributed by atoms with Gasteiger partial charge in [0.1, 0.15) is 0 Å². The van der Waals surface area contributed by atoms with Crippen LogP contribution in [0.15, 0.2) is 35.3 Å². The number of rotatable bonds is 6. The van der Waals surface area contributed by atoms with Crippen molar-refractivity contribution in [2.75, 3.05) is 27.3 Å². The van der Waals surface area contributed by atoms with E-state index in [1.807, 2.05) is 30.5 Å². The zero-order valence-corrected chi connectivity index (χ0v) is 18.5. The number of likely N-dealkylation sites (tertiary alicyclic amines) is 1. The van der Waals surface area contributed by atoms with Gasteiger partial charge in [-0.05, 0) is 30.2 Å². The number of fused-ring (bicyclic) bond motifs is 1. The molecule has 164 valence electrons. The minimum absolute atomic E-state index is 0.0337. The van der Waals surface area contributed by atoms with Crippen LogP contribution in [0, 0.1) is 0 Å². The van der Waals surface area contributed by atoms with E-state index < -0.39 is 6.09 Å². The summed E-state index contributed by atoms with van der Waals surface area (Å²) in [4.78, 5) is 27.0. The van der Waals surface area contributed by atoms with Crippen molar-refractivity contribution in [2.24, 2.45) is 7.05 Å². The molecule has 1 aromatic carbocycles. The summed E-state index contributed by atoms with van der Waals surface area (Å²) in [5, 5.41) is 12.2. The number of hydrogen-bond acceptors (Lipinski definition) is 6. The lowest BCUT2D eigenvalue weighted by Gasteiger charge is -2.14. The Morgan fingerprint density at radius 1 is 1.26 bits per heavy atom. The molecule has 0 aliphatic carbocycles. The number of aryl methyl sites for hydroxylation is 1. The van der Waals surface area contributed by atoms with Gasteiger partial charge in [0, 0.05) is 54.1 Å². The monoisotopic (exact) mass is 443 g/mol. The number of hydrogen-bond donors (Lipinski definition) is 2. The van der Waals surface area contributed by atoms with Gasteiger partial charge in [-0.25, -0.2) is 4.79 Å². The molecule has 1 fully saturated rings. The average molecular weight is 444 g/mol. The molecule has 0 saturated carbocycles. The minimum atomic E-state index is -0.989. The van der Waals surface area contributed by atoms with Crippen LogP contribution in [0.4, 0.5) is 4.79 Å². The van der Waals surface area contributed by atoms with Crippen LogP contribution in [0.5, 0.6) is 11.5 Å². The van der Waals surface area contributed by atoms with Crippen LogP contribution in [-0.2, 0) is 13.6 Å². The number of aromatic nitrogens is 1. The van der Waals surface area contributed by atoms with Crippen LogP contribution in [0.1, 0.15) is 11.3 Å². The van der Waals surface area contributed by atoms with Gasteiger partial charge >= 0.3 is 6.09 Å². The highest BCUT2D eigenvalue weighted by Crippen LogP contribution is 2.37. The molecule has 0 spiro atoms. The number of thiophene rings is 1. The Kier molecular flexibility index (Phi) is 5.88. The van der Waals surface area contributed by atoms with Gasteiger partial charge in [-0.3, -0.25) is 9.69 Å². The topological polar surface area (TPSA) is 93.0 Å². The zero-order chi connectivity index (χ0) is 22.1. The van der Waals surface area contributed by atoms with E-state index in [-0.39, 0.29) is 11.6 Å². The standard InChI is InChI=1S/C22H25N3O5S/c1-24-12-17(13-4-5-18(29-2)19(8-13)30-3)20-16(21(24)26)9-15(31-20)11-25-7-6-14(10-25)23-22(27)28/h4-5,8-9,12,14,23H,6-7,10-11H2,1-3H3,(H,27,28). The van der Waals surface area contributed by atoms with E-state index in [2.05, 4.69) is 10.2 Å². The fourth-order valence-corrected chi connectivity index (χ4v) is 5.30. The van der Waals surface area contributed by atoms with Gasteiger partial charge in [0.25, 0.3) is 5.56 Å². The summed E-state index contributed by atoms with van der Waals surface area (Å²) in [6.45, 7) is 2.17. The molecule has 3 aromatic rings. The number of ether oxygens (including phenoxy) is 2. The zero-order valence-electron chi connectivity index (χ0n) is 17.7. The third-order valence-electron chi connectivity index (χ3n) is 5.58. The van der Waals surface area contributed by atoms with Crippen LogP contribution in [0.25, 0.3) is 21.2 Å². The second kappa shape index (κ2) is 8.60. The molecule has 8 nitrogen and oxygen atoms in total. The molecule has 1 aliphatic rings. The maximum Gasteiger partial charge on any atom is 0.404 e. The molecule has 1 unspecified atom stereocenters. The summed E-state index contributed by atoms with van der Waals surface area (Å²) >= 11 is 1.60. The molecule has 2 N–H and O–H groups in total. The highest BCUT2D eigenvalue weighted by Gasteiger charge is 2.24. The number of nitrogens with zero attached hydrogens (tertiary/aromatic N) is 2. The van der Waals surface area contributed by atoms with Crippen molar-refractivity contribution >= 4 is 27.5 Å². The second-order valence-electron chi connectivity index (χ2n) is 7.65. The van der Waals surface area contributed by atoms with Gasteiger partial charge in [-0.15, -0.1) is 11.3 Å². The highest BCUT2D eigenvalue weighted by atomic mass is 32.1. The lowest BCUT2D eigenvalue weighted by Crippen LogP contribution is -2.35. The smallest absolute Gasteiger partial charge is 0.404 e. The number of benzene rings is 1. The van der Waals surface area contributed by atoms with Crippen molar-refractivity contribution in [3.63, 3.8) is 0 Å². The number of pyridine rings is 1. The van der Waals surface area contributed by atoms with Crippen LogP contribution < -0.4 is 20.3 Å². The Balaban J connectivity index is 1.69.